The van der Waals surface area contributed by atoms with Gasteiger partial charge in [0, 0.05) is 82.7 Å². The van der Waals surface area contributed by atoms with E-state index in [9.17, 15) is 4.79 Å². The number of carbonyl (C=O) groups is 1. The van der Waals surface area contributed by atoms with Gasteiger partial charge in [-0.3, -0.25) is 4.90 Å². The molecule has 0 bridgehead atoms. The van der Waals surface area contributed by atoms with Gasteiger partial charge in [-0.25, -0.2) is 14.8 Å². The maximum atomic E-state index is 11.9. The molecule has 3 aromatic heterocycles. The number of piperazine rings is 1. The fourth-order valence-electron chi connectivity index (χ4n) is 6.38. The monoisotopic (exact) mass is 635 g/mol. The molecule has 0 unspecified atom stereocenters. The van der Waals surface area contributed by atoms with E-state index in [0.717, 1.165) is 75.8 Å². The van der Waals surface area contributed by atoms with Crippen molar-refractivity contribution < 1.29 is 42.2 Å². The number of fused-ring (bicyclic) bond motifs is 2. The third-order valence-electron chi connectivity index (χ3n) is 8.77. The number of nitrogens with zero attached hydrogens (tertiary/aromatic N) is 6. The van der Waals surface area contributed by atoms with Gasteiger partial charge < -0.3 is 24.9 Å². The summed E-state index contributed by atoms with van der Waals surface area (Å²) in [5.74, 6) is 0.482. The van der Waals surface area contributed by atoms with Crippen LogP contribution in [-0.2, 0) is 37.4 Å². The van der Waals surface area contributed by atoms with Gasteiger partial charge in [-0.1, -0.05) is 42.0 Å². The summed E-state index contributed by atoms with van der Waals surface area (Å²) in [6.45, 7) is 5.25. The molecule has 1 saturated carbocycles. The number of benzene rings is 2. The maximum absolute atomic E-state index is 11.9. The molecule has 42 heavy (non-hydrogen) atoms. The summed E-state index contributed by atoms with van der Waals surface area (Å²) in [7, 11) is 1.44. The van der Waals surface area contributed by atoms with E-state index >= 15 is 0 Å². The zero-order valence-corrected chi connectivity index (χ0v) is 26.7. The van der Waals surface area contributed by atoms with Crippen LogP contribution in [0.3, 0.4) is 0 Å². The summed E-state index contributed by atoms with van der Waals surface area (Å²) in [5.41, 5.74) is 13.4. The molecule has 1 amide bonds. The zero-order chi connectivity index (χ0) is 28.1. The molecule has 9 nitrogen and oxygen atoms in total. The molecule has 0 atom stereocenters. The van der Waals surface area contributed by atoms with Crippen molar-refractivity contribution in [1.29, 1.82) is 0 Å². The van der Waals surface area contributed by atoms with Gasteiger partial charge in [0.05, 0.1) is 12.5 Å². The maximum Gasteiger partial charge on any atom is 0.409 e. The first kappa shape index (κ1) is 28.7. The van der Waals surface area contributed by atoms with Crippen LogP contribution in [0.1, 0.15) is 24.4 Å². The Morgan fingerprint density at radius 1 is 1.00 bits per heavy atom. The third kappa shape index (κ3) is 4.97. The molecule has 4 heterocycles. The summed E-state index contributed by atoms with van der Waals surface area (Å²) in [6.07, 6.45) is 5.56. The van der Waals surface area contributed by atoms with Crippen molar-refractivity contribution in [2.24, 2.45) is 0 Å². The number of nitrogen functional groups attached to an aromatic ring is 1. The molecular formula is C32H32N7O2Y-. The van der Waals surface area contributed by atoms with Crippen molar-refractivity contribution in [2.75, 3.05) is 39.0 Å². The first-order valence-electron chi connectivity index (χ1n) is 14.1. The standard InChI is InChI=1S/C32H32N7O2.Y/c1-20-25(10-8-22-9-11-27(36-29(20)22)21-6-4-3-5-7-21)26-18-39(31-28(26)30(33)34-19-35-31)24-16-23(17-24)37-12-14-38(15-13-37)32(40)41-2;/h3-8,10-11,18-19,23-24H,12-17H2,1-2H3,(H2,33,34,35);/q-1;. The summed E-state index contributed by atoms with van der Waals surface area (Å²) in [6, 6.07) is 20.6. The molecule has 10 heteroatoms. The van der Waals surface area contributed by atoms with Crippen LogP contribution in [0.2, 0.25) is 0 Å². The number of aryl methyl sites for hydroxylation is 1. The van der Waals surface area contributed by atoms with Crippen LogP contribution in [0.4, 0.5) is 10.6 Å². The predicted molar refractivity (Wildman–Crippen MR) is 159 cm³/mol. The number of methoxy groups -OCH3 is 1. The topological polar surface area (TPSA) is 102 Å². The number of anilines is 1. The average Bonchev–Trinajstić information content (AvgIpc) is 3.37. The number of amides is 1. The number of hydrogen-bond acceptors (Lipinski definition) is 7. The number of carbonyl (C=O) groups excluding carboxylic acids is 1. The molecule has 0 spiro atoms. The molecule has 2 aromatic carbocycles. The number of aromatic nitrogens is 4. The van der Waals surface area contributed by atoms with Gasteiger partial charge in [0.25, 0.3) is 0 Å². The SMILES string of the molecule is COC(=O)N1CCN(C2CC(n3cc(-c4ccc5[c-]cc(-c6ccccc6)nc5c4C)c4c(N)ncnc43)C2)CC1.[Y]. The largest absolute Gasteiger partial charge is 0.453 e. The van der Waals surface area contributed by atoms with Crippen LogP contribution in [-0.4, -0.2) is 74.7 Å². The molecule has 2 fully saturated rings. The number of pyridine rings is 1. The van der Waals surface area contributed by atoms with Crippen molar-refractivity contribution in [2.45, 2.75) is 31.8 Å². The molecule has 1 aliphatic heterocycles. The fraction of sp³-hybridized carbons (Fsp3) is 0.312. The van der Waals surface area contributed by atoms with Crippen molar-refractivity contribution in [3.63, 3.8) is 0 Å². The summed E-state index contributed by atoms with van der Waals surface area (Å²) in [5, 5.41) is 1.86. The van der Waals surface area contributed by atoms with E-state index in [-0.39, 0.29) is 38.8 Å². The number of hydrogen-bond donors (Lipinski definition) is 1. The Kier molecular flexibility index (Phi) is 8.00. The fourth-order valence-corrected chi connectivity index (χ4v) is 6.38. The van der Waals surface area contributed by atoms with Crippen molar-refractivity contribution >= 4 is 33.8 Å². The molecule has 1 aliphatic carbocycles. The summed E-state index contributed by atoms with van der Waals surface area (Å²) < 4.78 is 7.17. The number of rotatable bonds is 4. The second-order valence-corrected chi connectivity index (χ2v) is 11.0. The molecule has 1 radical (unpaired) electrons. The van der Waals surface area contributed by atoms with Gasteiger partial charge in [0.1, 0.15) is 17.8 Å². The Morgan fingerprint density at radius 3 is 2.50 bits per heavy atom. The first-order valence-corrected chi connectivity index (χ1v) is 14.1. The smallest absolute Gasteiger partial charge is 0.409 e. The van der Waals surface area contributed by atoms with Crippen LogP contribution in [0.5, 0.6) is 0 Å². The minimum absolute atomic E-state index is 0. The van der Waals surface area contributed by atoms with Gasteiger partial charge in [-0.2, -0.15) is 0 Å². The summed E-state index contributed by atoms with van der Waals surface area (Å²) >= 11 is 0. The molecule has 5 aromatic rings. The van der Waals surface area contributed by atoms with Gasteiger partial charge >= 0.3 is 6.09 Å². The zero-order valence-electron chi connectivity index (χ0n) is 23.8. The van der Waals surface area contributed by atoms with Crippen LogP contribution < -0.4 is 5.73 Å². The molecule has 1 saturated heterocycles. The number of nitrogens with two attached hydrogens (primary N) is 1. The Hall–Kier alpha value is -3.40. The van der Waals surface area contributed by atoms with Gasteiger partial charge in [-0.05, 0) is 42.1 Å². The second-order valence-electron chi connectivity index (χ2n) is 11.0. The predicted octanol–water partition coefficient (Wildman–Crippen LogP) is 5.09. The van der Waals surface area contributed by atoms with Crippen molar-refractivity contribution in [3.8, 4) is 22.4 Å². The Bertz CT molecular complexity index is 1760. The van der Waals surface area contributed by atoms with E-state index in [0.29, 0.717) is 31.0 Å². The van der Waals surface area contributed by atoms with E-state index in [4.69, 9.17) is 20.4 Å². The van der Waals surface area contributed by atoms with E-state index in [1.54, 1.807) is 11.2 Å². The van der Waals surface area contributed by atoms with Crippen LogP contribution in [0.15, 0.2) is 61.1 Å². The third-order valence-corrected chi connectivity index (χ3v) is 8.77. The summed E-state index contributed by atoms with van der Waals surface area (Å²) in [4.78, 5) is 30.2. The minimum Gasteiger partial charge on any atom is -0.453 e. The van der Waals surface area contributed by atoms with Gasteiger partial charge in [0.2, 0.25) is 0 Å². The molecule has 2 N–H and O–H groups in total. The van der Waals surface area contributed by atoms with Crippen molar-refractivity contribution in [3.05, 3.63) is 72.7 Å². The van der Waals surface area contributed by atoms with E-state index < -0.39 is 0 Å². The van der Waals surface area contributed by atoms with E-state index in [1.165, 1.54) is 7.11 Å². The van der Waals surface area contributed by atoms with E-state index in [1.807, 2.05) is 24.3 Å². The molecule has 211 valence electrons. The molecule has 7 rings (SSSR count). The first-order chi connectivity index (χ1) is 20.0. The molecular weight excluding hydrogens is 603 g/mol. The van der Waals surface area contributed by atoms with Gasteiger partial charge in [0.15, 0.2) is 0 Å². The molecule has 2 aliphatic rings. The second kappa shape index (κ2) is 11.7. The van der Waals surface area contributed by atoms with Crippen LogP contribution in [0, 0.1) is 13.0 Å². The number of ether oxygens (including phenoxy) is 1. The van der Waals surface area contributed by atoms with E-state index in [2.05, 4.69) is 57.9 Å². The van der Waals surface area contributed by atoms with Gasteiger partial charge in [-0.15, -0.1) is 23.6 Å². The van der Waals surface area contributed by atoms with Crippen LogP contribution >= 0.6 is 0 Å². The van der Waals surface area contributed by atoms with Crippen molar-refractivity contribution in [1.82, 2.24) is 29.3 Å². The minimum atomic E-state index is -0.242. The normalized spacial score (nSPS) is 19.0. The quantitative estimate of drug-likeness (QED) is 0.275. The van der Waals surface area contributed by atoms with Crippen LogP contribution in [0.25, 0.3) is 44.3 Å². The Labute approximate surface area is 270 Å². The average molecular weight is 636 g/mol. The Balaban J connectivity index is 0.00000316. The Morgan fingerprint density at radius 2 is 1.76 bits per heavy atom.